The number of carbonyl (C=O) groups is 1. The van der Waals surface area contributed by atoms with Crippen LogP contribution in [-0.4, -0.2) is 35.4 Å². The highest BCUT2D eigenvalue weighted by Crippen LogP contribution is 2.33. The zero-order chi connectivity index (χ0) is 17.6. The van der Waals surface area contributed by atoms with Crippen LogP contribution in [0.1, 0.15) is 23.7 Å². The largest absolute Gasteiger partial charge is 0.484 e. The number of aryl methyl sites for hydroxylation is 1. The molecule has 134 valence electrons. The fourth-order valence-corrected chi connectivity index (χ4v) is 3.06. The van der Waals surface area contributed by atoms with E-state index in [1.807, 2.05) is 48.4 Å². The van der Waals surface area contributed by atoms with Gasteiger partial charge in [-0.25, -0.2) is 0 Å². The van der Waals surface area contributed by atoms with Crippen LogP contribution in [0.25, 0.3) is 0 Å². The van der Waals surface area contributed by atoms with Crippen LogP contribution >= 0.6 is 0 Å². The number of benzene rings is 1. The van der Waals surface area contributed by atoms with Gasteiger partial charge in [-0.05, 0) is 24.1 Å². The van der Waals surface area contributed by atoms with Crippen molar-refractivity contribution >= 4 is 5.91 Å². The molecule has 0 radical (unpaired) electrons. The third-order valence-corrected chi connectivity index (χ3v) is 4.31. The summed E-state index contributed by atoms with van der Waals surface area (Å²) >= 11 is 0. The molecule has 2 atom stereocenters. The van der Waals surface area contributed by atoms with E-state index in [2.05, 4.69) is 10.4 Å². The predicted octanol–water partition coefficient (Wildman–Crippen LogP) is 1.15. The summed E-state index contributed by atoms with van der Waals surface area (Å²) < 4.78 is 12.9. The summed E-state index contributed by atoms with van der Waals surface area (Å²) in [4.78, 5) is 10.7. The van der Waals surface area contributed by atoms with Crippen LogP contribution < -0.4 is 15.8 Å². The molecule has 3 rings (SSSR count). The molecule has 0 unspecified atom stereocenters. The lowest BCUT2D eigenvalue weighted by atomic mass is 9.97. The van der Waals surface area contributed by atoms with Crippen molar-refractivity contribution in [3.8, 4) is 5.75 Å². The van der Waals surface area contributed by atoms with Crippen LogP contribution in [0.5, 0.6) is 5.75 Å². The number of amides is 1. The molecule has 1 aliphatic heterocycles. The molecule has 0 spiro atoms. The van der Waals surface area contributed by atoms with Gasteiger partial charge in [0.25, 0.3) is 5.91 Å². The first-order valence-electron chi connectivity index (χ1n) is 8.43. The Labute approximate surface area is 147 Å². The molecule has 0 bridgehead atoms. The van der Waals surface area contributed by atoms with Gasteiger partial charge in [-0.15, -0.1) is 0 Å². The summed E-state index contributed by atoms with van der Waals surface area (Å²) in [5, 5.41) is 7.73. The van der Waals surface area contributed by atoms with Gasteiger partial charge in [-0.1, -0.05) is 12.1 Å². The number of aromatic nitrogens is 2. The number of nitrogens with two attached hydrogens (primary N) is 1. The van der Waals surface area contributed by atoms with Crippen molar-refractivity contribution in [2.24, 2.45) is 18.7 Å². The molecule has 3 N–H and O–H groups in total. The van der Waals surface area contributed by atoms with Crippen LogP contribution in [0.15, 0.2) is 36.7 Å². The quantitative estimate of drug-likeness (QED) is 0.750. The van der Waals surface area contributed by atoms with Gasteiger partial charge in [0.2, 0.25) is 0 Å². The smallest absolute Gasteiger partial charge is 0.255 e. The molecule has 1 saturated heterocycles. The van der Waals surface area contributed by atoms with Crippen molar-refractivity contribution in [2.45, 2.75) is 19.1 Å². The number of hydrogen-bond donors (Lipinski definition) is 2. The van der Waals surface area contributed by atoms with E-state index in [-0.39, 0.29) is 12.7 Å². The number of primary amides is 1. The molecule has 0 aliphatic carbocycles. The van der Waals surface area contributed by atoms with E-state index >= 15 is 0 Å². The van der Waals surface area contributed by atoms with E-state index in [9.17, 15) is 4.79 Å². The maximum atomic E-state index is 10.7. The Morgan fingerprint density at radius 3 is 2.92 bits per heavy atom. The van der Waals surface area contributed by atoms with E-state index in [1.54, 1.807) is 0 Å². The minimum Gasteiger partial charge on any atom is -0.484 e. The number of ether oxygens (including phenoxy) is 2. The van der Waals surface area contributed by atoms with E-state index in [1.165, 1.54) is 0 Å². The Balaban J connectivity index is 1.46. The number of nitrogens with zero attached hydrogens (tertiary/aromatic N) is 2. The van der Waals surface area contributed by atoms with Gasteiger partial charge in [0.15, 0.2) is 6.61 Å². The Kier molecular flexibility index (Phi) is 5.67. The van der Waals surface area contributed by atoms with Crippen molar-refractivity contribution < 1.29 is 14.3 Å². The SMILES string of the molecule is Cn1cc([C@H]2OCC[C@@H]2CNCc2ccc(OCC(N)=O)cc2)cn1. The Hall–Kier alpha value is -2.38. The molecule has 1 fully saturated rings. The van der Waals surface area contributed by atoms with Crippen LogP contribution in [0.2, 0.25) is 0 Å². The molecule has 1 amide bonds. The maximum absolute atomic E-state index is 10.7. The van der Waals surface area contributed by atoms with Crippen molar-refractivity contribution in [2.75, 3.05) is 19.8 Å². The molecule has 2 heterocycles. The Morgan fingerprint density at radius 2 is 2.24 bits per heavy atom. The summed E-state index contributed by atoms with van der Waals surface area (Å²) in [5.74, 6) is 0.610. The lowest BCUT2D eigenvalue weighted by Crippen LogP contribution is -2.24. The summed E-state index contributed by atoms with van der Waals surface area (Å²) in [6, 6.07) is 7.65. The first kappa shape index (κ1) is 17.4. The van der Waals surface area contributed by atoms with Gasteiger partial charge in [0, 0.05) is 44.4 Å². The van der Waals surface area contributed by atoms with E-state index < -0.39 is 5.91 Å². The molecule has 7 heteroatoms. The van der Waals surface area contributed by atoms with Gasteiger partial charge >= 0.3 is 0 Å². The topological polar surface area (TPSA) is 91.4 Å². The molecule has 1 aromatic carbocycles. The third-order valence-electron chi connectivity index (χ3n) is 4.31. The standard InChI is InChI=1S/C18H24N4O3/c1-22-11-15(10-21-22)18-14(6-7-24-18)9-20-8-13-2-4-16(5-3-13)25-12-17(19)23/h2-5,10-11,14,18,20H,6-9,12H2,1H3,(H2,19,23)/t14-,18+/m1/s1. The summed E-state index contributed by atoms with van der Waals surface area (Å²) in [6.07, 6.45) is 5.07. The molecule has 2 aromatic rings. The van der Waals surface area contributed by atoms with Crippen molar-refractivity contribution in [3.63, 3.8) is 0 Å². The second-order valence-corrected chi connectivity index (χ2v) is 6.32. The highest BCUT2D eigenvalue weighted by molar-refractivity contribution is 5.75. The molecule has 25 heavy (non-hydrogen) atoms. The van der Waals surface area contributed by atoms with E-state index in [0.29, 0.717) is 11.7 Å². The minimum atomic E-state index is -0.479. The maximum Gasteiger partial charge on any atom is 0.255 e. The van der Waals surface area contributed by atoms with Gasteiger partial charge < -0.3 is 20.5 Å². The lowest BCUT2D eigenvalue weighted by molar-refractivity contribution is -0.119. The zero-order valence-electron chi connectivity index (χ0n) is 14.4. The summed E-state index contributed by atoms with van der Waals surface area (Å²) in [5.41, 5.74) is 7.36. The minimum absolute atomic E-state index is 0.102. The first-order chi connectivity index (χ1) is 12.1. The lowest BCUT2D eigenvalue weighted by Gasteiger charge is -2.18. The molecular formula is C18H24N4O3. The van der Waals surface area contributed by atoms with Crippen LogP contribution in [0, 0.1) is 5.92 Å². The van der Waals surface area contributed by atoms with Crippen LogP contribution in [0.3, 0.4) is 0 Å². The fourth-order valence-electron chi connectivity index (χ4n) is 3.06. The van der Waals surface area contributed by atoms with Gasteiger partial charge in [0.05, 0.1) is 12.3 Å². The number of nitrogens with one attached hydrogen (secondary N) is 1. The van der Waals surface area contributed by atoms with Crippen molar-refractivity contribution in [1.29, 1.82) is 0 Å². The normalized spacial score (nSPS) is 19.9. The predicted molar refractivity (Wildman–Crippen MR) is 92.8 cm³/mol. The number of hydrogen-bond acceptors (Lipinski definition) is 5. The van der Waals surface area contributed by atoms with Crippen molar-refractivity contribution in [1.82, 2.24) is 15.1 Å². The Morgan fingerprint density at radius 1 is 1.44 bits per heavy atom. The average Bonchev–Trinajstić information content (AvgIpc) is 3.22. The monoisotopic (exact) mass is 344 g/mol. The molecule has 1 aliphatic rings. The zero-order valence-corrected chi connectivity index (χ0v) is 14.4. The highest BCUT2D eigenvalue weighted by atomic mass is 16.5. The van der Waals surface area contributed by atoms with Crippen LogP contribution in [-0.2, 0) is 23.1 Å². The van der Waals surface area contributed by atoms with E-state index in [4.69, 9.17) is 15.2 Å². The Bertz CT molecular complexity index is 699. The first-order valence-corrected chi connectivity index (χ1v) is 8.43. The fraction of sp³-hybridized carbons (Fsp3) is 0.444. The molecule has 7 nitrogen and oxygen atoms in total. The van der Waals surface area contributed by atoms with Gasteiger partial charge in [-0.3, -0.25) is 9.48 Å². The highest BCUT2D eigenvalue weighted by Gasteiger charge is 2.30. The van der Waals surface area contributed by atoms with Gasteiger partial charge in [-0.2, -0.15) is 5.10 Å². The van der Waals surface area contributed by atoms with E-state index in [0.717, 1.165) is 37.2 Å². The second-order valence-electron chi connectivity index (χ2n) is 6.32. The molecule has 1 aromatic heterocycles. The van der Waals surface area contributed by atoms with Gasteiger partial charge in [0.1, 0.15) is 5.75 Å². The molecular weight excluding hydrogens is 320 g/mol. The molecule has 0 saturated carbocycles. The summed E-state index contributed by atoms with van der Waals surface area (Å²) in [6.45, 7) is 2.35. The average molecular weight is 344 g/mol. The number of rotatable bonds is 8. The second kappa shape index (κ2) is 8.13. The van der Waals surface area contributed by atoms with Crippen LogP contribution in [0.4, 0.5) is 0 Å². The third kappa shape index (κ3) is 4.80. The summed E-state index contributed by atoms with van der Waals surface area (Å²) in [7, 11) is 1.92. The number of carbonyl (C=O) groups excluding carboxylic acids is 1. The van der Waals surface area contributed by atoms with Crippen molar-refractivity contribution in [3.05, 3.63) is 47.8 Å².